The van der Waals surface area contributed by atoms with Crippen LogP contribution in [-0.4, -0.2) is 66.1 Å². The molecular weight excluding hydrogens is 489 g/mol. The van der Waals surface area contributed by atoms with E-state index in [1.165, 1.54) is 24.1 Å². The number of ether oxygens (including phenoxy) is 1. The van der Waals surface area contributed by atoms with E-state index in [9.17, 15) is 18.4 Å². The molecule has 0 radical (unpaired) electrons. The third kappa shape index (κ3) is 5.02. The second kappa shape index (κ2) is 10.2. The highest BCUT2D eigenvalue weighted by Gasteiger charge is 2.49. The highest BCUT2D eigenvalue weighted by molar-refractivity contribution is 6.06. The first-order valence-corrected chi connectivity index (χ1v) is 11.4. The number of anilines is 1. The molecular formula is C25H27F3N6O3. The van der Waals surface area contributed by atoms with E-state index in [0.29, 0.717) is 11.3 Å². The molecule has 0 spiro atoms. The van der Waals surface area contributed by atoms with Gasteiger partial charge in [-0.3, -0.25) is 14.5 Å². The number of carbonyl (C=O) groups excluding carboxylic acids is 2. The fourth-order valence-corrected chi connectivity index (χ4v) is 4.42. The topological polar surface area (TPSA) is 128 Å². The standard InChI is InChI=1S/C25H27F3N6O3/c1-33-12-20(25(27,28)13-33)34-23(30)21(18(35)10-29)22(32-34)14-7-8-15(17(26)9-14)11-31-24(36)16-5-3-4-6-19(16)37-2/h3-9,20H,10-13,29-30H2,1-2H3,(H,31,36). The Bertz CT molecular complexity index is 1340. The molecule has 5 N–H and O–H groups in total. The molecule has 4 rings (SSSR count). The van der Waals surface area contributed by atoms with E-state index in [0.717, 1.165) is 10.7 Å². The fraction of sp³-hybridized carbons (Fsp3) is 0.320. The SMILES string of the molecule is COc1ccccc1C(=O)NCc1ccc(-c2nn(C3CN(C)CC3(F)F)c(N)c2C(=O)CN)cc1F. The number of methoxy groups -OCH3 is 1. The lowest BCUT2D eigenvalue weighted by Crippen LogP contribution is -2.31. The monoisotopic (exact) mass is 516 g/mol. The molecule has 1 aromatic heterocycles. The largest absolute Gasteiger partial charge is 0.496 e. The van der Waals surface area contributed by atoms with Crippen molar-refractivity contribution in [1.82, 2.24) is 20.0 Å². The number of alkyl halides is 2. The molecule has 1 fully saturated rings. The van der Waals surface area contributed by atoms with E-state index in [4.69, 9.17) is 16.2 Å². The van der Waals surface area contributed by atoms with Gasteiger partial charge in [0, 0.05) is 24.2 Å². The molecule has 12 heteroatoms. The van der Waals surface area contributed by atoms with Crippen LogP contribution in [0.15, 0.2) is 42.5 Å². The van der Waals surface area contributed by atoms with E-state index in [-0.39, 0.29) is 41.3 Å². The average Bonchev–Trinajstić information content (AvgIpc) is 3.35. The summed E-state index contributed by atoms with van der Waals surface area (Å²) in [6.45, 7) is -1.08. The van der Waals surface area contributed by atoms with Crippen LogP contribution in [0, 0.1) is 5.82 Å². The lowest BCUT2D eigenvalue weighted by Gasteiger charge is -2.19. The van der Waals surface area contributed by atoms with Gasteiger partial charge in [0.1, 0.15) is 29.1 Å². The van der Waals surface area contributed by atoms with Crippen molar-refractivity contribution in [3.8, 4) is 17.0 Å². The van der Waals surface area contributed by atoms with Gasteiger partial charge < -0.3 is 21.5 Å². The fourth-order valence-electron chi connectivity index (χ4n) is 4.42. The minimum Gasteiger partial charge on any atom is -0.496 e. The van der Waals surface area contributed by atoms with Crippen molar-refractivity contribution in [2.24, 2.45) is 5.73 Å². The number of ketones is 1. The van der Waals surface area contributed by atoms with Crippen molar-refractivity contribution in [3.63, 3.8) is 0 Å². The van der Waals surface area contributed by atoms with Crippen LogP contribution in [0.25, 0.3) is 11.3 Å². The molecule has 1 amide bonds. The van der Waals surface area contributed by atoms with Gasteiger partial charge in [0.05, 0.1) is 31.3 Å². The third-order valence-corrected chi connectivity index (χ3v) is 6.28. The summed E-state index contributed by atoms with van der Waals surface area (Å²) in [6, 6.07) is 9.22. The van der Waals surface area contributed by atoms with Crippen molar-refractivity contribution in [2.45, 2.75) is 18.5 Å². The Morgan fingerprint density at radius 3 is 2.59 bits per heavy atom. The zero-order valence-corrected chi connectivity index (χ0v) is 20.3. The Kier molecular flexibility index (Phi) is 7.23. The quantitative estimate of drug-likeness (QED) is 0.393. The van der Waals surface area contributed by atoms with Crippen LogP contribution in [0.2, 0.25) is 0 Å². The first-order chi connectivity index (χ1) is 17.6. The number of nitrogens with one attached hydrogen (secondary N) is 1. The molecule has 1 atom stereocenters. The van der Waals surface area contributed by atoms with Gasteiger partial charge in [-0.25, -0.2) is 17.9 Å². The maximum absolute atomic E-state index is 15.1. The average molecular weight is 517 g/mol. The number of nitrogens with two attached hydrogens (primary N) is 2. The molecule has 1 unspecified atom stereocenters. The molecule has 0 saturated carbocycles. The van der Waals surface area contributed by atoms with Gasteiger partial charge >= 0.3 is 0 Å². The number of hydrogen-bond donors (Lipinski definition) is 3. The van der Waals surface area contributed by atoms with E-state index in [2.05, 4.69) is 10.4 Å². The third-order valence-electron chi connectivity index (χ3n) is 6.28. The van der Waals surface area contributed by atoms with E-state index in [1.54, 1.807) is 31.3 Å². The molecule has 9 nitrogen and oxygen atoms in total. The van der Waals surface area contributed by atoms with E-state index < -0.39 is 42.6 Å². The highest BCUT2D eigenvalue weighted by atomic mass is 19.3. The summed E-state index contributed by atoms with van der Waals surface area (Å²) in [6.07, 6.45) is 0. The number of halogens is 3. The summed E-state index contributed by atoms with van der Waals surface area (Å²) in [7, 11) is 2.98. The Hall–Kier alpha value is -3.90. The number of likely N-dealkylation sites (tertiary alicyclic amines) is 1. The number of para-hydroxylation sites is 1. The molecule has 0 aliphatic carbocycles. The molecule has 2 heterocycles. The number of likely N-dealkylation sites (N-methyl/N-ethyl adjacent to an activating group) is 1. The van der Waals surface area contributed by atoms with Gasteiger partial charge in [0.15, 0.2) is 5.78 Å². The summed E-state index contributed by atoms with van der Waals surface area (Å²) >= 11 is 0. The molecule has 196 valence electrons. The van der Waals surface area contributed by atoms with Gasteiger partial charge in [0.2, 0.25) is 0 Å². The first kappa shape index (κ1) is 26.2. The molecule has 0 bridgehead atoms. The number of amides is 1. The minimum absolute atomic E-state index is 0.0340. The molecule has 1 aliphatic rings. The number of nitrogens with zero attached hydrogens (tertiary/aromatic N) is 3. The van der Waals surface area contributed by atoms with Crippen molar-refractivity contribution in [1.29, 1.82) is 0 Å². The highest BCUT2D eigenvalue weighted by Crippen LogP contribution is 2.39. The number of hydrogen-bond acceptors (Lipinski definition) is 7. The number of nitrogen functional groups attached to an aromatic ring is 1. The summed E-state index contributed by atoms with van der Waals surface area (Å²) < 4.78 is 50.4. The zero-order valence-electron chi connectivity index (χ0n) is 20.3. The van der Waals surface area contributed by atoms with Crippen LogP contribution in [0.1, 0.15) is 32.3 Å². The van der Waals surface area contributed by atoms with Gasteiger partial charge in [-0.1, -0.05) is 24.3 Å². The van der Waals surface area contributed by atoms with Crippen molar-refractivity contribution in [2.75, 3.05) is 39.5 Å². The van der Waals surface area contributed by atoms with Crippen molar-refractivity contribution < 1.29 is 27.5 Å². The van der Waals surface area contributed by atoms with Crippen LogP contribution in [0.3, 0.4) is 0 Å². The number of benzene rings is 2. The number of carbonyl (C=O) groups is 2. The maximum Gasteiger partial charge on any atom is 0.283 e. The summed E-state index contributed by atoms with van der Waals surface area (Å²) in [5, 5.41) is 6.86. The summed E-state index contributed by atoms with van der Waals surface area (Å²) in [5.74, 6) is -4.76. The molecule has 1 saturated heterocycles. The van der Waals surface area contributed by atoms with Crippen LogP contribution in [0.5, 0.6) is 5.75 Å². The van der Waals surface area contributed by atoms with Gasteiger partial charge in [0.25, 0.3) is 11.8 Å². The first-order valence-electron chi connectivity index (χ1n) is 11.4. The summed E-state index contributed by atoms with van der Waals surface area (Å²) in [4.78, 5) is 26.6. The van der Waals surface area contributed by atoms with Gasteiger partial charge in [-0.2, -0.15) is 5.10 Å². The van der Waals surface area contributed by atoms with E-state index in [1.807, 2.05) is 0 Å². The minimum atomic E-state index is -3.13. The van der Waals surface area contributed by atoms with Crippen LogP contribution < -0.4 is 21.5 Å². The Balaban J connectivity index is 1.63. The van der Waals surface area contributed by atoms with Crippen molar-refractivity contribution in [3.05, 3.63) is 65.0 Å². The zero-order chi connectivity index (χ0) is 26.9. The Morgan fingerprint density at radius 2 is 1.97 bits per heavy atom. The number of rotatable bonds is 8. The lowest BCUT2D eigenvalue weighted by atomic mass is 10.0. The van der Waals surface area contributed by atoms with Gasteiger partial charge in [-0.15, -0.1) is 0 Å². The lowest BCUT2D eigenvalue weighted by molar-refractivity contribution is -0.0232. The normalized spacial score (nSPS) is 17.1. The second-order valence-electron chi connectivity index (χ2n) is 8.84. The Labute approximate surface area is 211 Å². The second-order valence-corrected chi connectivity index (χ2v) is 8.84. The number of Topliss-reactive ketones (excluding diaryl/α,β-unsaturated/α-hetero) is 1. The van der Waals surface area contributed by atoms with Crippen molar-refractivity contribution >= 4 is 17.5 Å². The Morgan fingerprint density at radius 1 is 1.24 bits per heavy atom. The molecule has 37 heavy (non-hydrogen) atoms. The van der Waals surface area contributed by atoms with Crippen LogP contribution >= 0.6 is 0 Å². The molecule has 2 aromatic carbocycles. The molecule has 3 aromatic rings. The van der Waals surface area contributed by atoms with E-state index >= 15 is 4.39 Å². The maximum atomic E-state index is 15.1. The summed E-state index contributed by atoms with van der Waals surface area (Å²) in [5.41, 5.74) is 12.1. The van der Waals surface area contributed by atoms with Crippen LogP contribution in [0.4, 0.5) is 19.0 Å². The van der Waals surface area contributed by atoms with Crippen LogP contribution in [-0.2, 0) is 6.54 Å². The predicted octanol–water partition coefficient (Wildman–Crippen LogP) is 2.47. The molecule has 1 aliphatic heterocycles. The smallest absolute Gasteiger partial charge is 0.283 e. The number of aromatic nitrogens is 2. The predicted molar refractivity (Wildman–Crippen MR) is 131 cm³/mol. The van der Waals surface area contributed by atoms with Gasteiger partial charge in [-0.05, 0) is 25.2 Å².